The first-order valence-electron chi connectivity index (χ1n) is 25.7. The largest absolute Gasteiger partial charge is 0.309 e. The van der Waals surface area contributed by atoms with Crippen LogP contribution in [0.2, 0.25) is 0 Å². The number of rotatable bonds is 9. The topological polar surface area (TPSA) is 3.24 Å². The Bertz CT molecular complexity index is 4120. The van der Waals surface area contributed by atoms with Gasteiger partial charge in [-0.1, -0.05) is 255 Å². The van der Waals surface area contributed by atoms with Crippen LogP contribution in [0.15, 0.2) is 297 Å². The van der Waals surface area contributed by atoms with Gasteiger partial charge in [0.25, 0.3) is 0 Å². The minimum absolute atomic E-state index is 0.579. The van der Waals surface area contributed by atoms with Crippen molar-refractivity contribution in [1.82, 2.24) is 0 Å². The molecule has 0 N–H and O–H groups in total. The molecule has 1 heteroatoms. The molecule has 1 aliphatic carbocycles. The standard InChI is InChI=1S/C73H49N/c1-5-22-50(23-6-1)54-46-55(51-24-7-2-8-25-51)48-56(47-54)52-40-42-59(43-41-52)74(72-68-37-18-16-34-63(68)62-33-15-17-36-67(62)71(72)66-38-21-27-53-26-13-14-32-61(53)66)60-44-45-65-64-35-19-20-39-69(64)73(70(65)49-60,57-28-9-3-10-29-57)58-30-11-4-12-31-58/h1-49H. The van der Waals surface area contributed by atoms with Gasteiger partial charge in [-0.3, -0.25) is 0 Å². The minimum atomic E-state index is -0.579. The molecule has 0 amide bonds. The minimum Gasteiger partial charge on any atom is -0.309 e. The van der Waals surface area contributed by atoms with Gasteiger partial charge in [-0.25, -0.2) is 0 Å². The van der Waals surface area contributed by atoms with Gasteiger partial charge in [0, 0.05) is 22.3 Å². The first-order chi connectivity index (χ1) is 36.7. The summed E-state index contributed by atoms with van der Waals surface area (Å²) in [5, 5.41) is 7.27. The van der Waals surface area contributed by atoms with E-state index < -0.39 is 5.41 Å². The summed E-state index contributed by atoms with van der Waals surface area (Å²) in [5.74, 6) is 0. The zero-order valence-corrected chi connectivity index (χ0v) is 40.7. The lowest BCUT2D eigenvalue weighted by Crippen LogP contribution is -2.28. The Labute approximate surface area is 432 Å². The lowest BCUT2D eigenvalue weighted by molar-refractivity contribution is 0.768. The molecule has 13 aromatic rings. The van der Waals surface area contributed by atoms with Gasteiger partial charge < -0.3 is 4.90 Å². The van der Waals surface area contributed by atoms with E-state index in [0.717, 1.165) is 22.6 Å². The first-order valence-corrected chi connectivity index (χ1v) is 25.7. The fraction of sp³-hybridized carbons (Fsp3) is 0.0137. The van der Waals surface area contributed by atoms with E-state index in [-0.39, 0.29) is 0 Å². The zero-order chi connectivity index (χ0) is 49.0. The van der Waals surface area contributed by atoms with Crippen molar-refractivity contribution >= 4 is 49.4 Å². The van der Waals surface area contributed by atoms with E-state index in [9.17, 15) is 0 Å². The van der Waals surface area contributed by atoms with Crippen LogP contribution >= 0.6 is 0 Å². The molecule has 0 atom stereocenters. The van der Waals surface area contributed by atoms with E-state index in [0.29, 0.717) is 0 Å². The van der Waals surface area contributed by atoms with E-state index in [4.69, 9.17) is 0 Å². The molecule has 0 saturated carbocycles. The highest BCUT2D eigenvalue weighted by atomic mass is 15.1. The van der Waals surface area contributed by atoms with Crippen molar-refractivity contribution in [2.45, 2.75) is 5.41 Å². The summed E-state index contributed by atoms with van der Waals surface area (Å²) in [4.78, 5) is 2.56. The Balaban J connectivity index is 1.07. The van der Waals surface area contributed by atoms with Crippen LogP contribution in [0.4, 0.5) is 17.1 Å². The molecule has 0 spiro atoms. The lowest BCUT2D eigenvalue weighted by Gasteiger charge is -2.35. The summed E-state index contributed by atoms with van der Waals surface area (Å²) in [6, 6.07) is 110. The van der Waals surface area contributed by atoms with Crippen LogP contribution in [0.5, 0.6) is 0 Å². The first kappa shape index (κ1) is 43.2. The average molecular weight is 940 g/mol. The molecule has 0 saturated heterocycles. The van der Waals surface area contributed by atoms with Gasteiger partial charge in [-0.2, -0.15) is 0 Å². The normalized spacial score (nSPS) is 12.4. The molecule has 1 nitrogen and oxygen atoms in total. The SMILES string of the molecule is c1ccc(-c2cc(-c3ccccc3)cc(-c3ccc(N(c4ccc5c(c4)C(c4ccccc4)(c4ccccc4)c4ccccc4-5)c4c(-c5cccc6ccccc56)c5ccccc5c5ccccc45)cc3)c2)cc1. The third-order valence-electron chi connectivity index (χ3n) is 15.5. The molecule has 0 aliphatic heterocycles. The van der Waals surface area contributed by atoms with E-state index in [1.807, 2.05) is 0 Å². The average Bonchev–Trinajstić information content (AvgIpc) is 3.86. The van der Waals surface area contributed by atoms with Crippen LogP contribution in [0.25, 0.3) is 88.0 Å². The molecular weight excluding hydrogens is 891 g/mol. The molecular formula is C73H49N. The third-order valence-corrected chi connectivity index (χ3v) is 15.5. The molecule has 13 aromatic carbocycles. The smallest absolute Gasteiger partial charge is 0.0714 e. The Morgan fingerprint density at radius 1 is 0.243 bits per heavy atom. The predicted octanol–water partition coefficient (Wildman–Crippen LogP) is 19.6. The molecule has 74 heavy (non-hydrogen) atoms. The predicted molar refractivity (Wildman–Crippen MR) is 313 cm³/mol. The Kier molecular flexibility index (Phi) is 10.5. The summed E-state index contributed by atoms with van der Waals surface area (Å²) in [5.41, 5.74) is 19.7. The van der Waals surface area contributed by atoms with E-state index in [1.54, 1.807) is 0 Å². The number of benzene rings is 13. The van der Waals surface area contributed by atoms with Crippen molar-refractivity contribution in [3.05, 3.63) is 320 Å². The second kappa shape index (κ2) is 17.9. The summed E-state index contributed by atoms with van der Waals surface area (Å²) >= 11 is 0. The summed E-state index contributed by atoms with van der Waals surface area (Å²) in [7, 11) is 0. The highest BCUT2D eigenvalue weighted by molar-refractivity contribution is 6.24. The van der Waals surface area contributed by atoms with Crippen LogP contribution < -0.4 is 4.90 Å². The van der Waals surface area contributed by atoms with Crippen LogP contribution in [0.3, 0.4) is 0 Å². The van der Waals surface area contributed by atoms with Crippen LogP contribution in [-0.4, -0.2) is 0 Å². The van der Waals surface area contributed by atoms with Gasteiger partial charge in [0.1, 0.15) is 0 Å². The Hall–Kier alpha value is -9.56. The van der Waals surface area contributed by atoms with Crippen LogP contribution in [-0.2, 0) is 5.41 Å². The highest BCUT2D eigenvalue weighted by Crippen LogP contribution is 2.58. The molecule has 0 heterocycles. The van der Waals surface area contributed by atoms with Gasteiger partial charge in [-0.05, 0) is 142 Å². The molecule has 0 aromatic heterocycles. The van der Waals surface area contributed by atoms with Crippen molar-refractivity contribution in [1.29, 1.82) is 0 Å². The van der Waals surface area contributed by atoms with Gasteiger partial charge in [0.15, 0.2) is 0 Å². The maximum Gasteiger partial charge on any atom is 0.0714 e. The van der Waals surface area contributed by atoms with E-state index in [1.165, 1.54) is 105 Å². The van der Waals surface area contributed by atoms with Crippen LogP contribution in [0, 0.1) is 0 Å². The van der Waals surface area contributed by atoms with E-state index in [2.05, 4.69) is 302 Å². The van der Waals surface area contributed by atoms with Gasteiger partial charge >= 0.3 is 0 Å². The number of anilines is 3. The summed E-state index contributed by atoms with van der Waals surface area (Å²) in [6.45, 7) is 0. The van der Waals surface area contributed by atoms with Gasteiger partial charge in [0.05, 0.1) is 11.1 Å². The third kappa shape index (κ3) is 7.00. The zero-order valence-electron chi connectivity index (χ0n) is 40.7. The van der Waals surface area contributed by atoms with Crippen molar-refractivity contribution in [2.24, 2.45) is 0 Å². The molecule has 1 aliphatic rings. The number of hydrogen-bond acceptors (Lipinski definition) is 1. The van der Waals surface area contributed by atoms with Gasteiger partial charge in [-0.15, -0.1) is 0 Å². The second-order valence-corrected chi connectivity index (χ2v) is 19.5. The molecule has 0 radical (unpaired) electrons. The fourth-order valence-electron chi connectivity index (χ4n) is 12.2. The summed E-state index contributed by atoms with van der Waals surface area (Å²) < 4.78 is 0. The van der Waals surface area contributed by atoms with Gasteiger partial charge in [0.2, 0.25) is 0 Å². The highest BCUT2D eigenvalue weighted by Gasteiger charge is 2.46. The van der Waals surface area contributed by atoms with Crippen molar-refractivity contribution < 1.29 is 0 Å². The number of hydrogen-bond donors (Lipinski definition) is 0. The molecule has 0 fully saturated rings. The molecule has 0 unspecified atom stereocenters. The quantitative estimate of drug-likeness (QED) is 0.130. The molecule has 346 valence electrons. The molecule has 14 rings (SSSR count). The lowest BCUT2D eigenvalue weighted by atomic mass is 9.67. The fourth-order valence-corrected chi connectivity index (χ4v) is 12.2. The van der Waals surface area contributed by atoms with Crippen molar-refractivity contribution in [3.8, 4) is 55.6 Å². The second-order valence-electron chi connectivity index (χ2n) is 19.5. The van der Waals surface area contributed by atoms with E-state index >= 15 is 0 Å². The Morgan fingerprint density at radius 2 is 0.676 bits per heavy atom. The monoisotopic (exact) mass is 939 g/mol. The number of fused-ring (bicyclic) bond motifs is 7. The summed E-state index contributed by atoms with van der Waals surface area (Å²) in [6.07, 6.45) is 0. The maximum atomic E-state index is 2.56. The number of nitrogens with zero attached hydrogens (tertiary/aromatic N) is 1. The van der Waals surface area contributed by atoms with Crippen LogP contribution in [0.1, 0.15) is 22.3 Å². The Morgan fingerprint density at radius 3 is 1.30 bits per heavy atom. The maximum absolute atomic E-state index is 2.56. The van der Waals surface area contributed by atoms with Crippen molar-refractivity contribution in [2.75, 3.05) is 4.90 Å². The molecule has 0 bridgehead atoms. The van der Waals surface area contributed by atoms with Crippen molar-refractivity contribution in [3.63, 3.8) is 0 Å².